The molecule has 0 unspecified atom stereocenters. The highest BCUT2D eigenvalue weighted by molar-refractivity contribution is 6.02. The van der Waals surface area contributed by atoms with Gasteiger partial charge in [-0.2, -0.15) is 0 Å². The first-order valence-corrected chi connectivity index (χ1v) is 9.37. The van der Waals surface area contributed by atoms with E-state index in [9.17, 15) is 13.6 Å². The van der Waals surface area contributed by atoms with Crippen molar-refractivity contribution in [3.63, 3.8) is 0 Å². The Morgan fingerprint density at radius 2 is 1.52 bits per heavy atom. The second-order valence-electron chi connectivity index (χ2n) is 6.79. The van der Waals surface area contributed by atoms with Crippen molar-refractivity contribution in [2.45, 2.75) is 0 Å². The lowest BCUT2D eigenvalue weighted by atomic mass is 10.2. The van der Waals surface area contributed by atoms with E-state index in [1.54, 1.807) is 12.3 Å². The summed E-state index contributed by atoms with van der Waals surface area (Å²) < 4.78 is 26.3. The lowest BCUT2D eigenvalue weighted by Gasteiger charge is -2.37. The zero-order chi connectivity index (χ0) is 20.2. The smallest absolute Gasteiger partial charge is 0.274 e. The van der Waals surface area contributed by atoms with E-state index in [1.807, 2.05) is 24.3 Å². The molecule has 7 heteroatoms. The summed E-state index contributed by atoms with van der Waals surface area (Å²) in [6, 6.07) is 17.0. The summed E-state index contributed by atoms with van der Waals surface area (Å²) in [5.41, 5.74) is 2.55. The van der Waals surface area contributed by atoms with Gasteiger partial charge in [0.05, 0.1) is 11.9 Å². The number of nitrogens with one attached hydrogen (secondary N) is 1. The van der Waals surface area contributed by atoms with Crippen LogP contribution in [0.25, 0.3) is 0 Å². The largest absolute Gasteiger partial charge is 0.368 e. The maximum absolute atomic E-state index is 13.3. The molecule has 0 radical (unpaired) electrons. The van der Waals surface area contributed by atoms with Gasteiger partial charge >= 0.3 is 0 Å². The van der Waals surface area contributed by atoms with Crippen LogP contribution in [-0.2, 0) is 0 Å². The van der Waals surface area contributed by atoms with E-state index in [0.29, 0.717) is 0 Å². The predicted molar refractivity (Wildman–Crippen MR) is 109 cm³/mol. The summed E-state index contributed by atoms with van der Waals surface area (Å²) in [5, 5.41) is 2.52. The first-order chi connectivity index (χ1) is 14.1. The number of rotatable bonds is 4. The Kier molecular flexibility index (Phi) is 5.37. The molecule has 1 saturated heterocycles. The van der Waals surface area contributed by atoms with Crippen LogP contribution < -0.4 is 15.1 Å². The van der Waals surface area contributed by atoms with Crippen LogP contribution in [0.3, 0.4) is 0 Å². The second kappa shape index (κ2) is 8.26. The lowest BCUT2D eigenvalue weighted by molar-refractivity contribution is 0.102. The predicted octanol–water partition coefficient (Wildman–Crippen LogP) is 3.94. The number of pyridine rings is 1. The van der Waals surface area contributed by atoms with Crippen molar-refractivity contribution in [1.29, 1.82) is 0 Å². The molecule has 3 aromatic rings. The fraction of sp³-hybridized carbons (Fsp3) is 0.182. The minimum Gasteiger partial charge on any atom is -0.368 e. The molecule has 0 aliphatic carbocycles. The van der Waals surface area contributed by atoms with E-state index in [-0.39, 0.29) is 11.4 Å². The number of benzene rings is 2. The Balaban J connectivity index is 1.36. The van der Waals surface area contributed by atoms with Gasteiger partial charge in [-0.1, -0.05) is 18.2 Å². The molecule has 5 nitrogen and oxygen atoms in total. The number of hydrogen-bond acceptors (Lipinski definition) is 4. The van der Waals surface area contributed by atoms with E-state index in [2.05, 4.69) is 32.2 Å². The summed E-state index contributed by atoms with van der Waals surface area (Å²) in [5.74, 6) is -2.45. The maximum Gasteiger partial charge on any atom is 0.274 e. The van der Waals surface area contributed by atoms with Gasteiger partial charge < -0.3 is 15.1 Å². The molecule has 0 atom stereocenters. The van der Waals surface area contributed by atoms with Gasteiger partial charge in [0.2, 0.25) is 0 Å². The molecular formula is C22H20F2N4O. The molecule has 0 bridgehead atoms. The molecular weight excluding hydrogens is 374 g/mol. The summed E-state index contributed by atoms with van der Waals surface area (Å²) in [6.45, 7) is 3.53. The van der Waals surface area contributed by atoms with Gasteiger partial charge in [0.25, 0.3) is 5.91 Å². The molecule has 148 valence electrons. The molecule has 1 amide bonds. The van der Waals surface area contributed by atoms with Crippen molar-refractivity contribution < 1.29 is 13.6 Å². The van der Waals surface area contributed by atoms with Crippen LogP contribution in [0.4, 0.5) is 25.8 Å². The quantitative estimate of drug-likeness (QED) is 0.728. The molecule has 1 aromatic heterocycles. The van der Waals surface area contributed by atoms with Crippen LogP contribution >= 0.6 is 0 Å². The molecule has 0 spiro atoms. The average molecular weight is 394 g/mol. The van der Waals surface area contributed by atoms with Gasteiger partial charge in [-0.15, -0.1) is 0 Å². The first kappa shape index (κ1) is 18.9. The molecule has 0 saturated carbocycles. The topological polar surface area (TPSA) is 48.5 Å². The summed E-state index contributed by atoms with van der Waals surface area (Å²) >= 11 is 0. The van der Waals surface area contributed by atoms with Crippen LogP contribution in [0.1, 0.15) is 10.5 Å². The number of nitrogens with zero attached hydrogens (tertiary/aromatic N) is 3. The monoisotopic (exact) mass is 394 g/mol. The Labute approximate surface area is 167 Å². The van der Waals surface area contributed by atoms with E-state index < -0.39 is 17.5 Å². The highest BCUT2D eigenvalue weighted by Gasteiger charge is 2.18. The minimum absolute atomic E-state index is 0.178. The third-order valence-corrected chi connectivity index (χ3v) is 4.92. The van der Waals surface area contributed by atoms with Crippen LogP contribution in [0.15, 0.2) is 66.9 Å². The minimum atomic E-state index is -1.01. The molecule has 1 aliphatic rings. The fourth-order valence-corrected chi connectivity index (χ4v) is 3.34. The number of carbonyl (C=O) groups excluding carboxylic acids is 1. The molecule has 2 heterocycles. The third kappa shape index (κ3) is 4.34. The maximum atomic E-state index is 13.3. The van der Waals surface area contributed by atoms with Crippen LogP contribution in [0.5, 0.6) is 0 Å². The third-order valence-electron chi connectivity index (χ3n) is 4.92. The summed E-state index contributed by atoms with van der Waals surface area (Å²) in [7, 11) is 0. The fourth-order valence-electron chi connectivity index (χ4n) is 3.34. The van der Waals surface area contributed by atoms with Crippen molar-refractivity contribution in [2.75, 3.05) is 41.3 Å². The first-order valence-electron chi connectivity index (χ1n) is 9.37. The van der Waals surface area contributed by atoms with Crippen molar-refractivity contribution in [2.24, 2.45) is 0 Å². The number of amides is 1. The molecule has 2 aromatic carbocycles. The van der Waals surface area contributed by atoms with Gasteiger partial charge in [-0.25, -0.2) is 13.8 Å². The average Bonchev–Trinajstić information content (AvgIpc) is 2.77. The number of halogens is 2. The number of hydrogen-bond donors (Lipinski definition) is 1. The van der Waals surface area contributed by atoms with Gasteiger partial charge in [0.1, 0.15) is 5.69 Å². The number of carbonyl (C=O) groups is 1. The molecule has 4 rings (SSSR count). The Hall–Kier alpha value is -3.48. The number of piperazine rings is 1. The Bertz CT molecular complexity index is 987. The van der Waals surface area contributed by atoms with E-state index in [4.69, 9.17) is 0 Å². The van der Waals surface area contributed by atoms with Crippen molar-refractivity contribution >= 4 is 23.0 Å². The zero-order valence-corrected chi connectivity index (χ0v) is 15.7. The standard InChI is InChI=1S/C22H20F2N4O/c23-19-8-6-16(14-20(19)24)26-22(29)21-9-7-18(15-25-21)28-12-10-27(11-13-28)17-4-2-1-3-5-17/h1-9,14-15H,10-13H2,(H,26,29). The van der Waals surface area contributed by atoms with Crippen LogP contribution in [0.2, 0.25) is 0 Å². The number of para-hydroxylation sites is 1. The van der Waals surface area contributed by atoms with Crippen molar-refractivity contribution in [1.82, 2.24) is 4.98 Å². The lowest BCUT2D eigenvalue weighted by Crippen LogP contribution is -2.46. The van der Waals surface area contributed by atoms with E-state index >= 15 is 0 Å². The van der Waals surface area contributed by atoms with Gasteiger partial charge in [-0.05, 0) is 36.4 Å². The van der Waals surface area contributed by atoms with E-state index in [1.165, 1.54) is 11.8 Å². The summed E-state index contributed by atoms with van der Waals surface area (Å²) in [6.07, 6.45) is 1.67. The van der Waals surface area contributed by atoms with Gasteiger partial charge in [0, 0.05) is 43.6 Å². The van der Waals surface area contributed by atoms with Gasteiger partial charge in [0.15, 0.2) is 11.6 Å². The molecule has 1 fully saturated rings. The van der Waals surface area contributed by atoms with E-state index in [0.717, 1.165) is 44.0 Å². The van der Waals surface area contributed by atoms with Crippen molar-refractivity contribution in [3.05, 3.63) is 84.2 Å². The Morgan fingerprint density at radius 3 is 2.14 bits per heavy atom. The highest BCUT2D eigenvalue weighted by atomic mass is 19.2. The molecule has 29 heavy (non-hydrogen) atoms. The second-order valence-corrected chi connectivity index (χ2v) is 6.79. The zero-order valence-electron chi connectivity index (χ0n) is 15.7. The molecule has 1 N–H and O–H groups in total. The van der Waals surface area contributed by atoms with Gasteiger partial charge in [-0.3, -0.25) is 4.79 Å². The normalized spacial score (nSPS) is 14.0. The Morgan fingerprint density at radius 1 is 0.828 bits per heavy atom. The molecule has 1 aliphatic heterocycles. The SMILES string of the molecule is O=C(Nc1ccc(F)c(F)c1)c1ccc(N2CCN(c3ccccc3)CC2)cn1. The number of anilines is 3. The summed E-state index contributed by atoms with van der Waals surface area (Å²) in [4.78, 5) is 21.1. The van der Waals surface area contributed by atoms with Crippen LogP contribution in [0, 0.1) is 11.6 Å². The highest BCUT2D eigenvalue weighted by Crippen LogP contribution is 2.20. The van der Waals surface area contributed by atoms with Crippen molar-refractivity contribution in [3.8, 4) is 0 Å². The van der Waals surface area contributed by atoms with Crippen LogP contribution in [-0.4, -0.2) is 37.1 Å². The number of aromatic nitrogens is 1.